The van der Waals surface area contributed by atoms with Crippen LogP contribution in [0.5, 0.6) is 0 Å². The molecule has 0 bridgehead atoms. The molecule has 1 aromatic carbocycles. The highest BCUT2D eigenvalue weighted by Crippen LogP contribution is 2.34. The maximum Gasteiger partial charge on any atom is 0.161 e. The largest absolute Gasteiger partial charge is 0.335 e. The molecule has 0 aromatic heterocycles. The van der Waals surface area contributed by atoms with Crippen LogP contribution >= 0.6 is 11.8 Å². The number of anilines is 1. The number of rotatable bonds is 1. The predicted molar refractivity (Wildman–Crippen MR) is 71.3 cm³/mol. The Bertz CT molecular complexity index is 554. The summed E-state index contributed by atoms with van der Waals surface area (Å²) in [6.07, 6.45) is 0. The first kappa shape index (κ1) is 11.1. The monoisotopic (exact) mass is 268 g/mol. The number of nitrogens with one attached hydrogen (secondary N) is 1. The molecule has 0 aliphatic carbocycles. The van der Waals surface area contributed by atoms with Gasteiger partial charge in [0.25, 0.3) is 0 Å². The topological polar surface area (TPSA) is 58.5 Å². The molecule has 0 amide bonds. The lowest BCUT2D eigenvalue weighted by Gasteiger charge is -2.05. The second-order valence-electron chi connectivity index (χ2n) is 4.23. The number of hydrogen-bond donors (Lipinski definition) is 1. The first-order chi connectivity index (χ1) is 8.12. The first-order valence-corrected chi connectivity index (χ1v) is 8.09. The van der Waals surface area contributed by atoms with Crippen LogP contribution in [0.25, 0.3) is 0 Å². The summed E-state index contributed by atoms with van der Waals surface area (Å²) in [4.78, 5) is 4.43. The number of hydrogen-bond acceptors (Lipinski definition) is 5. The summed E-state index contributed by atoms with van der Waals surface area (Å²) >= 11 is 1.54. The van der Waals surface area contributed by atoms with Crippen LogP contribution in [0.15, 0.2) is 35.3 Å². The molecule has 17 heavy (non-hydrogen) atoms. The van der Waals surface area contributed by atoms with Gasteiger partial charge in [-0.05, 0) is 12.1 Å². The Kier molecular flexibility index (Phi) is 2.63. The SMILES string of the molecule is O=S1(=O)C[C@@H]2N=C(Nc3ccccc3)S[C@@H]2C1. The van der Waals surface area contributed by atoms with E-state index in [-0.39, 0.29) is 22.8 Å². The lowest BCUT2D eigenvalue weighted by molar-refractivity contribution is 0.601. The lowest BCUT2D eigenvalue weighted by Crippen LogP contribution is -2.13. The molecule has 1 N–H and O–H groups in total. The van der Waals surface area contributed by atoms with Gasteiger partial charge >= 0.3 is 0 Å². The summed E-state index contributed by atoms with van der Waals surface area (Å²) in [7, 11) is -2.86. The third-order valence-electron chi connectivity index (χ3n) is 2.84. The van der Waals surface area contributed by atoms with Gasteiger partial charge in [0.1, 0.15) is 0 Å². The highest BCUT2D eigenvalue weighted by Gasteiger charge is 2.42. The highest BCUT2D eigenvalue weighted by molar-refractivity contribution is 8.15. The third kappa shape index (κ3) is 2.32. The Balaban J connectivity index is 1.73. The smallest absolute Gasteiger partial charge is 0.161 e. The quantitative estimate of drug-likeness (QED) is 0.835. The molecule has 6 heteroatoms. The van der Waals surface area contributed by atoms with Crippen molar-refractivity contribution in [2.45, 2.75) is 11.3 Å². The minimum absolute atomic E-state index is 0.0591. The standard InChI is InChI=1S/C11H12N2O2S2/c14-17(15)6-9-10(7-17)16-11(13-9)12-8-4-2-1-3-5-8/h1-5,9-10H,6-7H2,(H,12,13)/t9-,10+/m0/s1. The van der Waals surface area contributed by atoms with Crippen LogP contribution in [0, 0.1) is 0 Å². The molecule has 0 spiro atoms. The normalized spacial score (nSPS) is 29.8. The fraction of sp³-hybridized carbons (Fsp3) is 0.364. The number of nitrogens with zero attached hydrogens (tertiary/aromatic N) is 1. The maximum atomic E-state index is 11.4. The van der Waals surface area contributed by atoms with E-state index in [2.05, 4.69) is 10.3 Å². The minimum Gasteiger partial charge on any atom is -0.335 e. The van der Waals surface area contributed by atoms with Gasteiger partial charge in [-0.3, -0.25) is 4.99 Å². The van der Waals surface area contributed by atoms with Crippen molar-refractivity contribution in [2.75, 3.05) is 16.8 Å². The number of sulfone groups is 1. The maximum absolute atomic E-state index is 11.4. The molecule has 0 saturated carbocycles. The van der Waals surface area contributed by atoms with E-state index in [4.69, 9.17) is 0 Å². The van der Waals surface area contributed by atoms with Crippen molar-refractivity contribution in [3.8, 4) is 0 Å². The fourth-order valence-corrected chi connectivity index (χ4v) is 5.74. The van der Waals surface area contributed by atoms with E-state index in [1.165, 1.54) is 11.8 Å². The predicted octanol–water partition coefficient (Wildman–Crippen LogP) is 1.37. The summed E-state index contributed by atoms with van der Waals surface area (Å²) in [5.74, 6) is 0.455. The van der Waals surface area contributed by atoms with Crippen molar-refractivity contribution < 1.29 is 8.42 Å². The van der Waals surface area contributed by atoms with Gasteiger partial charge in [-0.25, -0.2) is 8.42 Å². The molecule has 1 saturated heterocycles. The molecule has 1 aromatic rings. The van der Waals surface area contributed by atoms with E-state index in [9.17, 15) is 8.42 Å². The van der Waals surface area contributed by atoms with Crippen molar-refractivity contribution in [3.05, 3.63) is 30.3 Å². The van der Waals surface area contributed by atoms with E-state index >= 15 is 0 Å². The Morgan fingerprint density at radius 1 is 1.24 bits per heavy atom. The molecule has 2 atom stereocenters. The van der Waals surface area contributed by atoms with Crippen molar-refractivity contribution in [1.82, 2.24) is 0 Å². The van der Waals surface area contributed by atoms with Crippen LogP contribution in [0.2, 0.25) is 0 Å². The third-order valence-corrected chi connectivity index (χ3v) is 5.98. The summed E-state index contributed by atoms with van der Waals surface area (Å²) in [6.45, 7) is 0. The molecule has 0 radical (unpaired) electrons. The van der Waals surface area contributed by atoms with Crippen LogP contribution in [-0.4, -0.2) is 36.4 Å². The molecule has 4 nitrogen and oxygen atoms in total. The summed E-state index contributed by atoms with van der Waals surface area (Å²) in [5.41, 5.74) is 0.988. The Morgan fingerprint density at radius 3 is 2.71 bits per heavy atom. The number of para-hydroxylation sites is 1. The van der Waals surface area contributed by atoms with E-state index in [0.717, 1.165) is 10.9 Å². The molecule has 2 aliphatic rings. The summed E-state index contributed by atoms with van der Waals surface area (Å²) < 4.78 is 22.8. The Labute approximate surface area is 104 Å². The number of aliphatic imine (C=N–C) groups is 1. The molecule has 90 valence electrons. The average molecular weight is 268 g/mol. The van der Waals surface area contributed by atoms with Gasteiger partial charge in [-0.15, -0.1) is 0 Å². The van der Waals surface area contributed by atoms with Gasteiger partial charge in [0, 0.05) is 10.9 Å². The van der Waals surface area contributed by atoms with Crippen molar-refractivity contribution in [1.29, 1.82) is 0 Å². The highest BCUT2D eigenvalue weighted by atomic mass is 32.2. The molecule has 2 heterocycles. The van der Waals surface area contributed by atoms with Crippen molar-refractivity contribution in [3.63, 3.8) is 0 Å². The molecule has 1 fully saturated rings. The van der Waals surface area contributed by atoms with Crippen molar-refractivity contribution >= 4 is 32.5 Å². The summed E-state index contributed by atoms with van der Waals surface area (Å²) in [5, 5.41) is 4.15. The summed E-state index contributed by atoms with van der Waals surface area (Å²) in [6, 6.07) is 9.73. The van der Waals surface area contributed by atoms with Gasteiger partial charge in [0.15, 0.2) is 15.0 Å². The van der Waals surface area contributed by atoms with Crippen molar-refractivity contribution in [2.24, 2.45) is 4.99 Å². The molecule has 0 unspecified atom stereocenters. The zero-order chi connectivity index (χ0) is 11.9. The lowest BCUT2D eigenvalue weighted by atomic mass is 10.3. The molecule has 3 rings (SSSR count). The van der Waals surface area contributed by atoms with E-state index in [0.29, 0.717) is 0 Å². The van der Waals surface area contributed by atoms with E-state index < -0.39 is 9.84 Å². The second kappa shape index (κ2) is 4.03. The average Bonchev–Trinajstić information content (AvgIpc) is 2.72. The Hall–Kier alpha value is -1.01. The van der Waals surface area contributed by atoms with Crippen LogP contribution in [0.4, 0.5) is 5.69 Å². The number of thioether (sulfide) groups is 1. The van der Waals surface area contributed by atoms with Gasteiger partial charge in [0.05, 0.1) is 17.5 Å². The van der Waals surface area contributed by atoms with Crippen LogP contribution in [-0.2, 0) is 9.84 Å². The number of amidine groups is 1. The Morgan fingerprint density at radius 2 is 2.00 bits per heavy atom. The number of fused-ring (bicyclic) bond motifs is 1. The minimum atomic E-state index is -2.86. The van der Waals surface area contributed by atoms with Crippen LogP contribution < -0.4 is 5.32 Å². The molecular formula is C11H12N2O2S2. The fourth-order valence-electron chi connectivity index (χ4n) is 2.06. The van der Waals surface area contributed by atoms with Gasteiger partial charge in [0.2, 0.25) is 0 Å². The zero-order valence-corrected chi connectivity index (χ0v) is 10.7. The second-order valence-corrected chi connectivity index (χ2v) is 7.61. The van der Waals surface area contributed by atoms with Crippen LogP contribution in [0.1, 0.15) is 0 Å². The molecule has 2 aliphatic heterocycles. The van der Waals surface area contributed by atoms with Gasteiger partial charge < -0.3 is 5.32 Å². The zero-order valence-electron chi connectivity index (χ0n) is 9.04. The van der Waals surface area contributed by atoms with E-state index in [1.54, 1.807) is 0 Å². The van der Waals surface area contributed by atoms with E-state index in [1.807, 2.05) is 30.3 Å². The van der Waals surface area contributed by atoms with Gasteiger partial charge in [-0.2, -0.15) is 0 Å². The van der Waals surface area contributed by atoms with Crippen LogP contribution in [0.3, 0.4) is 0 Å². The number of benzene rings is 1. The van der Waals surface area contributed by atoms with Gasteiger partial charge in [-0.1, -0.05) is 30.0 Å². The molecular weight excluding hydrogens is 256 g/mol. The first-order valence-electron chi connectivity index (χ1n) is 5.39.